The molecule has 0 amide bonds. The molecule has 0 spiro atoms. The third-order valence-corrected chi connectivity index (χ3v) is 3.02. The van der Waals surface area contributed by atoms with Gasteiger partial charge in [-0.05, 0) is 50.0 Å². The van der Waals surface area contributed by atoms with Crippen molar-refractivity contribution in [3.8, 4) is 0 Å². The first kappa shape index (κ1) is 10.8. The molecular weight excluding hydrogens is 196 g/mol. The fourth-order valence-electron chi connectivity index (χ4n) is 2.16. The fourth-order valence-corrected chi connectivity index (χ4v) is 2.16. The number of allylic oxidation sites excluding steroid dienone is 4. The minimum atomic E-state index is 0.789. The first-order valence-corrected chi connectivity index (χ1v) is 5.60. The van der Waals surface area contributed by atoms with Gasteiger partial charge in [0.05, 0.1) is 0 Å². The summed E-state index contributed by atoms with van der Waals surface area (Å²) in [5.74, 6) is 0. The number of benzene rings is 1. The van der Waals surface area contributed by atoms with Crippen LogP contribution >= 0.6 is 0 Å². The van der Waals surface area contributed by atoms with Crippen LogP contribution in [0.5, 0.6) is 0 Å². The van der Waals surface area contributed by atoms with E-state index < -0.39 is 0 Å². The highest BCUT2D eigenvalue weighted by atomic mass is 14.6. The first-order chi connectivity index (χ1) is 7.58. The van der Waals surface area contributed by atoms with Gasteiger partial charge in [0.1, 0.15) is 0 Å². The third-order valence-electron chi connectivity index (χ3n) is 3.02. The van der Waals surface area contributed by atoms with Crippen molar-refractivity contribution in [1.29, 1.82) is 0 Å². The number of aryl methyl sites for hydroxylation is 1. The Morgan fingerprint density at radius 1 is 0.938 bits per heavy atom. The van der Waals surface area contributed by atoms with E-state index in [4.69, 9.17) is 11.5 Å². The molecule has 4 N–H and O–H groups in total. The van der Waals surface area contributed by atoms with Gasteiger partial charge in [0.2, 0.25) is 0 Å². The predicted molar refractivity (Wildman–Crippen MR) is 71.0 cm³/mol. The predicted octanol–water partition coefficient (Wildman–Crippen LogP) is 3.28. The quantitative estimate of drug-likeness (QED) is 0.705. The van der Waals surface area contributed by atoms with Crippen LogP contribution in [0.15, 0.2) is 29.9 Å². The normalized spacial score (nSPS) is 15.6. The molecule has 1 aromatic rings. The molecule has 2 heteroatoms. The number of nitrogen functional groups attached to an aromatic ring is 2. The number of nitrogens with two attached hydrogens (primary N) is 2. The molecule has 2 nitrogen and oxygen atoms in total. The van der Waals surface area contributed by atoms with Crippen LogP contribution in [0, 0.1) is 6.92 Å². The van der Waals surface area contributed by atoms with Crippen LogP contribution < -0.4 is 11.5 Å². The van der Waals surface area contributed by atoms with Gasteiger partial charge >= 0.3 is 0 Å². The van der Waals surface area contributed by atoms with Crippen molar-refractivity contribution in [2.24, 2.45) is 0 Å². The summed E-state index contributed by atoms with van der Waals surface area (Å²) in [7, 11) is 0. The molecular formula is C14H18N2. The largest absolute Gasteiger partial charge is 0.398 e. The molecule has 0 bridgehead atoms. The summed E-state index contributed by atoms with van der Waals surface area (Å²) in [5.41, 5.74) is 18.5. The number of anilines is 2. The van der Waals surface area contributed by atoms with Crippen molar-refractivity contribution >= 4 is 16.9 Å². The van der Waals surface area contributed by atoms with E-state index >= 15 is 0 Å². The Balaban J connectivity index is 2.49. The van der Waals surface area contributed by atoms with E-state index in [1.165, 1.54) is 11.1 Å². The van der Waals surface area contributed by atoms with E-state index in [2.05, 4.69) is 19.1 Å². The highest BCUT2D eigenvalue weighted by molar-refractivity contribution is 5.85. The smallest absolute Gasteiger partial charge is 0.0413 e. The highest BCUT2D eigenvalue weighted by Crippen LogP contribution is 2.34. The van der Waals surface area contributed by atoms with Crippen molar-refractivity contribution in [2.45, 2.75) is 26.7 Å². The monoisotopic (exact) mass is 214 g/mol. The summed E-state index contributed by atoms with van der Waals surface area (Å²) in [4.78, 5) is 0. The lowest BCUT2D eigenvalue weighted by atomic mass is 9.91. The second-order valence-corrected chi connectivity index (χ2v) is 4.52. The van der Waals surface area contributed by atoms with Crippen LogP contribution in [0.3, 0.4) is 0 Å². The fraction of sp³-hybridized carbons (Fsp3) is 0.286. The molecule has 0 fully saturated rings. The van der Waals surface area contributed by atoms with E-state index in [-0.39, 0.29) is 0 Å². The lowest BCUT2D eigenvalue weighted by molar-refractivity contribution is 0.977. The van der Waals surface area contributed by atoms with Crippen LogP contribution in [-0.2, 0) is 0 Å². The molecule has 0 aliphatic heterocycles. The maximum Gasteiger partial charge on any atom is 0.0413 e. The Labute approximate surface area is 96.6 Å². The molecule has 0 saturated heterocycles. The maximum absolute atomic E-state index is 6.05. The summed E-state index contributed by atoms with van der Waals surface area (Å²) >= 11 is 0. The highest BCUT2D eigenvalue weighted by Gasteiger charge is 2.12. The molecule has 1 aromatic carbocycles. The van der Waals surface area contributed by atoms with Gasteiger partial charge in [0, 0.05) is 16.9 Å². The molecule has 2 rings (SSSR count). The van der Waals surface area contributed by atoms with E-state index in [1.807, 2.05) is 19.1 Å². The Hall–Kier alpha value is -1.70. The van der Waals surface area contributed by atoms with Gasteiger partial charge in [-0.3, -0.25) is 0 Å². The second kappa shape index (κ2) is 4.05. The van der Waals surface area contributed by atoms with E-state index in [0.29, 0.717) is 0 Å². The third kappa shape index (κ3) is 1.96. The van der Waals surface area contributed by atoms with Crippen LogP contribution in [0.2, 0.25) is 0 Å². The van der Waals surface area contributed by atoms with Gasteiger partial charge < -0.3 is 11.5 Å². The maximum atomic E-state index is 6.05. The summed E-state index contributed by atoms with van der Waals surface area (Å²) in [6.45, 7) is 4.16. The van der Waals surface area contributed by atoms with E-state index in [9.17, 15) is 0 Å². The lowest BCUT2D eigenvalue weighted by Gasteiger charge is -2.17. The summed E-state index contributed by atoms with van der Waals surface area (Å²) in [6, 6.07) is 3.97. The van der Waals surface area contributed by atoms with Crippen molar-refractivity contribution in [1.82, 2.24) is 0 Å². The topological polar surface area (TPSA) is 52.0 Å². The Kier molecular flexibility index (Phi) is 2.73. The van der Waals surface area contributed by atoms with E-state index in [0.717, 1.165) is 35.3 Å². The Morgan fingerprint density at radius 2 is 1.56 bits per heavy atom. The molecule has 1 aliphatic carbocycles. The molecule has 0 heterocycles. The van der Waals surface area contributed by atoms with Gasteiger partial charge in [-0.15, -0.1) is 0 Å². The molecule has 84 valence electrons. The summed E-state index contributed by atoms with van der Waals surface area (Å²) < 4.78 is 0. The first-order valence-electron chi connectivity index (χ1n) is 5.60. The number of rotatable bonds is 1. The molecule has 16 heavy (non-hydrogen) atoms. The molecule has 0 unspecified atom stereocenters. The number of hydrogen-bond donors (Lipinski definition) is 2. The zero-order chi connectivity index (χ0) is 11.7. The van der Waals surface area contributed by atoms with E-state index in [1.54, 1.807) is 0 Å². The van der Waals surface area contributed by atoms with Crippen LogP contribution in [-0.4, -0.2) is 0 Å². The molecule has 0 radical (unpaired) electrons. The van der Waals surface area contributed by atoms with Crippen LogP contribution in [0.4, 0.5) is 11.4 Å². The van der Waals surface area contributed by atoms with Crippen LogP contribution in [0.25, 0.3) is 5.57 Å². The molecule has 0 aromatic heterocycles. The van der Waals surface area contributed by atoms with Gasteiger partial charge in [-0.1, -0.05) is 17.7 Å². The minimum Gasteiger partial charge on any atom is -0.398 e. The van der Waals surface area contributed by atoms with Gasteiger partial charge in [0.25, 0.3) is 0 Å². The van der Waals surface area contributed by atoms with Gasteiger partial charge in [0.15, 0.2) is 0 Å². The van der Waals surface area contributed by atoms with Crippen molar-refractivity contribution in [3.05, 3.63) is 41.0 Å². The van der Waals surface area contributed by atoms with Crippen molar-refractivity contribution in [3.63, 3.8) is 0 Å². The minimum absolute atomic E-state index is 0.789. The SMILES string of the molecule is CC1=CC=C(c2c(N)cc(C)cc2N)CC1. The zero-order valence-electron chi connectivity index (χ0n) is 9.88. The average Bonchev–Trinajstić information content (AvgIpc) is 2.19. The Morgan fingerprint density at radius 3 is 2.06 bits per heavy atom. The molecule has 0 saturated carbocycles. The lowest BCUT2D eigenvalue weighted by Crippen LogP contribution is -2.02. The Bertz CT molecular complexity index is 459. The van der Waals surface area contributed by atoms with Crippen LogP contribution in [0.1, 0.15) is 30.9 Å². The standard InChI is InChI=1S/C14H18N2/c1-9-3-5-11(6-4-9)14-12(15)7-10(2)8-13(14)16/h3,5,7-8H,4,6,15-16H2,1-2H3. The molecule has 1 aliphatic rings. The van der Waals surface area contributed by atoms with Gasteiger partial charge in [-0.25, -0.2) is 0 Å². The summed E-state index contributed by atoms with van der Waals surface area (Å²) in [5, 5.41) is 0. The van der Waals surface area contributed by atoms with Crippen molar-refractivity contribution < 1.29 is 0 Å². The average molecular weight is 214 g/mol. The number of hydrogen-bond acceptors (Lipinski definition) is 2. The van der Waals surface area contributed by atoms with Gasteiger partial charge in [-0.2, -0.15) is 0 Å². The zero-order valence-corrected chi connectivity index (χ0v) is 9.88. The van der Waals surface area contributed by atoms with Crippen molar-refractivity contribution in [2.75, 3.05) is 11.5 Å². The molecule has 0 atom stereocenters. The second-order valence-electron chi connectivity index (χ2n) is 4.52. The summed E-state index contributed by atoms with van der Waals surface area (Å²) in [6.07, 6.45) is 6.41.